The van der Waals surface area contributed by atoms with Gasteiger partial charge in [0.2, 0.25) is 5.91 Å². The molecule has 4 nitrogen and oxygen atoms in total. The van der Waals surface area contributed by atoms with Gasteiger partial charge in [0.1, 0.15) is 5.75 Å². The highest BCUT2D eigenvalue weighted by Crippen LogP contribution is 2.19. The van der Waals surface area contributed by atoms with E-state index in [0.29, 0.717) is 16.3 Å². The van der Waals surface area contributed by atoms with E-state index in [1.807, 2.05) is 24.3 Å². The Labute approximate surface area is 141 Å². The summed E-state index contributed by atoms with van der Waals surface area (Å²) in [4.78, 5) is 12.1. The molecule has 0 saturated carbocycles. The molecule has 0 radical (unpaired) electrons. The van der Waals surface area contributed by atoms with Crippen LogP contribution in [0.2, 0.25) is 5.02 Å². The molecular weight excluding hydrogens is 314 g/mol. The second-order valence-corrected chi connectivity index (χ2v) is 5.82. The summed E-state index contributed by atoms with van der Waals surface area (Å²) in [6, 6.07) is 13.9. The molecule has 0 spiro atoms. The number of aliphatic hydroxyl groups excluding tert-OH is 1. The molecule has 0 heterocycles. The maximum absolute atomic E-state index is 12.1. The number of aliphatic hydroxyl groups is 1. The number of rotatable bonds is 6. The topological polar surface area (TPSA) is 58.6 Å². The molecule has 0 saturated heterocycles. The van der Waals surface area contributed by atoms with Crippen molar-refractivity contribution < 1.29 is 14.6 Å². The van der Waals surface area contributed by atoms with E-state index in [9.17, 15) is 9.90 Å². The van der Waals surface area contributed by atoms with E-state index in [1.54, 1.807) is 38.3 Å². The van der Waals surface area contributed by atoms with E-state index in [4.69, 9.17) is 16.3 Å². The third-order valence-electron chi connectivity index (χ3n) is 3.57. The van der Waals surface area contributed by atoms with E-state index >= 15 is 0 Å². The van der Waals surface area contributed by atoms with Gasteiger partial charge in [0.15, 0.2) is 0 Å². The number of methoxy groups -OCH3 is 1. The molecule has 2 N–H and O–H groups in total. The van der Waals surface area contributed by atoms with Crippen molar-refractivity contribution in [1.82, 2.24) is 5.32 Å². The lowest BCUT2D eigenvalue weighted by Gasteiger charge is -2.21. The highest BCUT2D eigenvalue weighted by Gasteiger charge is 2.18. The Morgan fingerprint density at radius 3 is 2.61 bits per heavy atom. The minimum Gasteiger partial charge on any atom is -0.497 e. The molecule has 5 heteroatoms. The van der Waals surface area contributed by atoms with Gasteiger partial charge in [0, 0.05) is 5.02 Å². The zero-order valence-corrected chi connectivity index (χ0v) is 13.9. The molecule has 0 aliphatic carbocycles. The second kappa shape index (κ2) is 7.99. The van der Waals surface area contributed by atoms with Crippen LogP contribution in [-0.2, 0) is 11.2 Å². The van der Waals surface area contributed by atoms with Crippen molar-refractivity contribution in [3.8, 4) is 5.75 Å². The van der Waals surface area contributed by atoms with Gasteiger partial charge in [-0.05, 0) is 42.3 Å². The van der Waals surface area contributed by atoms with Crippen LogP contribution in [0.3, 0.4) is 0 Å². The van der Waals surface area contributed by atoms with Gasteiger partial charge >= 0.3 is 0 Å². The van der Waals surface area contributed by atoms with Crippen LogP contribution in [0.25, 0.3) is 0 Å². The first-order valence-corrected chi connectivity index (χ1v) is 7.73. The monoisotopic (exact) mass is 333 g/mol. The smallest absolute Gasteiger partial charge is 0.224 e. The van der Waals surface area contributed by atoms with Crippen LogP contribution in [0, 0.1) is 0 Å². The number of ether oxygens (including phenoxy) is 1. The molecule has 0 aliphatic rings. The van der Waals surface area contributed by atoms with E-state index in [-0.39, 0.29) is 12.3 Å². The Bertz CT molecular complexity index is 658. The Morgan fingerprint density at radius 2 is 1.96 bits per heavy atom. The van der Waals surface area contributed by atoms with E-state index in [0.717, 1.165) is 5.56 Å². The van der Waals surface area contributed by atoms with Crippen LogP contribution in [-0.4, -0.2) is 24.2 Å². The molecule has 2 atom stereocenters. The average molecular weight is 334 g/mol. The molecule has 0 fully saturated rings. The summed E-state index contributed by atoms with van der Waals surface area (Å²) in [5, 5.41) is 13.7. The zero-order valence-electron chi connectivity index (χ0n) is 13.1. The highest BCUT2D eigenvalue weighted by atomic mass is 35.5. The van der Waals surface area contributed by atoms with Gasteiger partial charge in [-0.25, -0.2) is 0 Å². The van der Waals surface area contributed by atoms with Gasteiger partial charge in [-0.2, -0.15) is 0 Å². The van der Waals surface area contributed by atoms with Crippen LogP contribution in [0.15, 0.2) is 48.5 Å². The average Bonchev–Trinajstić information content (AvgIpc) is 2.54. The Hall–Kier alpha value is -2.04. The summed E-state index contributed by atoms with van der Waals surface area (Å²) in [6.45, 7) is 1.77. The summed E-state index contributed by atoms with van der Waals surface area (Å²) in [7, 11) is 1.59. The van der Waals surface area contributed by atoms with E-state index in [1.165, 1.54) is 0 Å². The normalized spacial score (nSPS) is 13.2. The lowest BCUT2D eigenvalue weighted by Crippen LogP contribution is -2.37. The maximum atomic E-state index is 12.1. The SMILES string of the molecule is COc1cccc(CC(=O)NC(C)C(O)c2ccc(Cl)cc2)c1. The molecule has 0 bridgehead atoms. The fourth-order valence-electron chi connectivity index (χ4n) is 2.30. The van der Waals surface area contributed by atoms with Crippen molar-refractivity contribution in [3.05, 3.63) is 64.7 Å². The Morgan fingerprint density at radius 1 is 1.26 bits per heavy atom. The highest BCUT2D eigenvalue weighted by molar-refractivity contribution is 6.30. The summed E-state index contributed by atoms with van der Waals surface area (Å²) < 4.78 is 5.14. The molecule has 2 aromatic rings. The molecule has 2 unspecified atom stereocenters. The molecule has 2 aromatic carbocycles. The van der Waals surface area contributed by atoms with Crippen LogP contribution in [0.5, 0.6) is 5.75 Å². The molecule has 0 aliphatic heterocycles. The number of nitrogens with one attached hydrogen (secondary N) is 1. The second-order valence-electron chi connectivity index (χ2n) is 5.38. The van der Waals surface area contributed by atoms with Crippen molar-refractivity contribution in [3.63, 3.8) is 0 Å². The number of carbonyl (C=O) groups is 1. The predicted octanol–water partition coefficient (Wildman–Crippen LogP) is 3.13. The summed E-state index contributed by atoms with van der Waals surface area (Å²) in [5.74, 6) is 0.559. The van der Waals surface area contributed by atoms with Gasteiger partial charge in [-0.3, -0.25) is 4.79 Å². The standard InChI is InChI=1S/C18H20ClNO3/c1-12(18(22)14-6-8-15(19)9-7-14)20-17(21)11-13-4-3-5-16(10-13)23-2/h3-10,12,18,22H,11H2,1-2H3,(H,20,21). The Balaban J connectivity index is 1.94. The van der Waals surface area contributed by atoms with Crippen LogP contribution < -0.4 is 10.1 Å². The number of carbonyl (C=O) groups excluding carboxylic acids is 1. The predicted molar refractivity (Wildman–Crippen MR) is 90.7 cm³/mol. The quantitative estimate of drug-likeness (QED) is 0.854. The maximum Gasteiger partial charge on any atom is 0.224 e. The van der Waals surface area contributed by atoms with Gasteiger partial charge in [0.05, 0.1) is 25.7 Å². The largest absolute Gasteiger partial charge is 0.497 e. The molecule has 1 amide bonds. The number of benzene rings is 2. The van der Waals surface area contributed by atoms with Crippen molar-refractivity contribution in [2.75, 3.05) is 7.11 Å². The number of amides is 1. The molecule has 0 aromatic heterocycles. The van der Waals surface area contributed by atoms with Gasteiger partial charge < -0.3 is 15.2 Å². The molecule has 122 valence electrons. The van der Waals surface area contributed by atoms with E-state index in [2.05, 4.69) is 5.32 Å². The zero-order chi connectivity index (χ0) is 16.8. The fourth-order valence-corrected chi connectivity index (χ4v) is 2.43. The van der Waals surface area contributed by atoms with Crippen molar-refractivity contribution in [2.45, 2.75) is 25.5 Å². The van der Waals surface area contributed by atoms with Crippen molar-refractivity contribution in [1.29, 1.82) is 0 Å². The minimum absolute atomic E-state index is 0.154. The number of halogens is 1. The van der Waals surface area contributed by atoms with Crippen molar-refractivity contribution in [2.24, 2.45) is 0 Å². The first-order valence-electron chi connectivity index (χ1n) is 7.35. The molecule has 23 heavy (non-hydrogen) atoms. The first-order chi connectivity index (χ1) is 11.0. The summed E-state index contributed by atoms with van der Waals surface area (Å²) in [6.07, 6.45) is -0.559. The third kappa shape index (κ3) is 4.98. The van der Waals surface area contributed by atoms with Gasteiger partial charge in [-0.15, -0.1) is 0 Å². The van der Waals surface area contributed by atoms with Gasteiger partial charge in [-0.1, -0.05) is 35.9 Å². The number of hydrogen-bond donors (Lipinski definition) is 2. The number of hydrogen-bond acceptors (Lipinski definition) is 3. The van der Waals surface area contributed by atoms with Crippen LogP contribution in [0.1, 0.15) is 24.2 Å². The van der Waals surface area contributed by atoms with Crippen molar-refractivity contribution >= 4 is 17.5 Å². The molecular formula is C18H20ClNO3. The van der Waals surface area contributed by atoms with Gasteiger partial charge in [0.25, 0.3) is 0 Å². The lowest BCUT2D eigenvalue weighted by molar-refractivity contribution is -0.121. The minimum atomic E-state index is -0.790. The lowest BCUT2D eigenvalue weighted by atomic mass is 10.0. The first kappa shape index (κ1) is 17.3. The summed E-state index contributed by atoms with van der Waals surface area (Å²) >= 11 is 5.83. The van der Waals surface area contributed by atoms with Crippen LogP contribution >= 0.6 is 11.6 Å². The summed E-state index contributed by atoms with van der Waals surface area (Å²) in [5.41, 5.74) is 1.57. The Kier molecular flexibility index (Phi) is 6.02. The fraction of sp³-hybridized carbons (Fsp3) is 0.278. The third-order valence-corrected chi connectivity index (χ3v) is 3.82. The van der Waals surface area contributed by atoms with Crippen LogP contribution in [0.4, 0.5) is 0 Å². The van der Waals surface area contributed by atoms with E-state index < -0.39 is 12.1 Å². The molecule has 2 rings (SSSR count).